The minimum absolute atomic E-state index is 0.0697. The fourth-order valence-corrected chi connectivity index (χ4v) is 1.94. The van der Waals surface area contributed by atoms with Crippen LogP contribution in [0.25, 0.3) is 11.3 Å². The van der Waals surface area contributed by atoms with Crippen molar-refractivity contribution in [3.8, 4) is 11.3 Å². The molecule has 0 fully saturated rings. The zero-order chi connectivity index (χ0) is 13.7. The third-order valence-electron chi connectivity index (χ3n) is 3.20. The largest absolute Gasteiger partial charge is 0.395 e. The van der Waals surface area contributed by atoms with Crippen LogP contribution in [0.4, 0.5) is 0 Å². The van der Waals surface area contributed by atoms with Crippen molar-refractivity contribution in [2.45, 2.75) is 26.4 Å². The number of aliphatic hydroxyl groups is 1. The summed E-state index contributed by atoms with van der Waals surface area (Å²) in [5.41, 5.74) is 2.76. The van der Waals surface area contributed by atoms with Gasteiger partial charge < -0.3 is 10.4 Å². The molecular weight excluding hydrogens is 240 g/mol. The fourth-order valence-electron chi connectivity index (χ4n) is 1.94. The number of aromatic amines is 1. The predicted molar refractivity (Wildman–Crippen MR) is 74.4 cm³/mol. The van der Waals surface area contributed by atoms with Gasteiger partial charge in [-0.2, -0.15) is 15.4 Å². The lowest BCUT2D eigenvalue weighted by Crippen LogP contribution is -2.36. The highest BCUT2D eigenvalue weighted by molar-refractivity contribution is 5.60. The van der Waals surface area contributed by atoms with Gasteiger partial charge in [0.2, 0.25) is 0 Å². The molecule has 0 aliphatic rings. The number of nitrogens with one attached hydrogen (secondary N) is 2. The summed E-state index contributed by atoms with van der Waals surface area (Å²) in [6.07, 6.45) is 0. The summed E-state index contributed by atoms with van der Waals surface area (Å²) >= 11 is 0. The molecule has 0 aliphatic carbocycles. The Labute approximate surface area is 113 Å². The van der Waals surface area contributed by atoms with Gasteiger partial charge in [-0.25, -0.2) is 0 Å². The molecule has 3 N–H and O–H groups in total. The number of nitrogens with zero attached hydrogens (tertiary/aromatic N) is 2. The van der Waals surface area contributed by atoms with Crippen molar-refractivity contribution in [1.82, 2.24) is 20.7 Å². The number of hydrogen-bond donors (Lipinski definition) is 3. The summed E-state index contributed by atoms with van der Waals surface area (Å²) in [7, 11) is 0. The molecule has 2 aromatic rings. The topological polar surface area (TPSA) is 73.8 Å². The lowest BCUT2D eigenvalue weighted by atomic mass is 10.1. The predicted octanol–water partition coefficient (Wildman–Crippen LogP) is 1.58. The van der Waals surface area contributed by atoms with E-state index in [0.717, 1.165) is 17.0 Å². The first-order valence-corrected chi connectivity index (χ1v) is 6.51. The van der Waals surface area contributed by atoms with Crippen molar-refractivity contribution in [3.63, 3.8) is 0 Å². The van der Waals surface area contributed by atoms with Crippen molar-refractivity contribution in [2.24, 2.45) is 5.92 Å². The van der Waals surface area contributed by atoms with Gasteiger partial charge in [-0.1, -0.05) is 44.2 Å². The van der Waals surface area contributed by atoms with Crippen molar-refractivity contribution in [2.75, 3.05) is 6.61 Å². The van der Waals surface area contributed by atoms with Gasteiger partial charge in [0, 0.05) is 18.2 Å². The van der Waals surface area contributed by atoms with Crippen LogP contribution in [0.1, 0.15) is 19.5 Å². The molecule has 5 nitrogen and oxygen atoms in total. The molecule has 0 saturated carbocycles. The monoisotopic (exact) mass is 260 g/mol. The van der Waals surface area contributed by atoms with Crippen LogP contribution >= 0.6 is 0 Å². The molecule has 102 valence electrons. The molecule has 1 heterocycles. The lowest BCUT2D eigenvalue weighted by Gasteiger charge is -2.19. The number of rotatable bonds is 6. The molecule has 2 rings (SSSR count). The highest BCUT2D eigenvalue weighted by Gasteiger charge is 2.14. The molecule has 0 bridgehead atoms. The zero-order valence-corrected chi connectivity index (χ0v) is 11.3. The standard InChI is InChI=1S/C14H20N4O/c1-10(2)13(9-19)15-8-12-14(17-18-16-12)11-6-4-3-5-7-11/h3-7,10,13,15,19H,8-9H2,1-2H3,(H,16,17,18)/t13-/m1/s1. The third-order valence-corrected chi connectivity index (χ3v) is 3.20. The normalized spacial score (nSPS) is 12.8. The van der Waals surface area contributed by atoms with E-state index in [0.29, 0.717) is 12.5 Å². The Morgan fingerprint density at radius 2 is 1.95 bits per heavy atom. The third kappa shape index (κ3) is 3.39. The Balaban J connectivity index is 2.08. The molecule has 0 saturated heterocycles. The van der Waals surface area contributed by atoms with Gasteiger partial charge in [0.25, 0.3) is 0 Å². The SMILES string of the molecule is CC(C)[C@@H](CO)NCc1n[nH]nc1-c1ccccc1. The average molecular weight is 260 g/mol. The van der Waals surface area contributed by atoms with Gasteiger partial charge in [-0.05, 0) is 5.92 Å². The minimum atomic E-state index is 0.0697. The molecule has 1 atom stereocenters. The number of benzene rings is 1. The van der Waals surface area contributed by atoms with E-state index in [1.807, 2.05) is 30.3 Å². The van der Waals surface area contributed by atoms with Gasteiger partial charge in [0.1, 0.15) is 11.4 Å². The van der Waals surface area contributed by atoms with E-state index in [1.165, 1.54) is 0 Å². The van der Waals surface area contributed by atoms with Crippen LogP contribution < -0.4 is 5.32 Å². The number of aromatic nitrogens is 3. The van der Waals surface area contributed by atoms with Crippen molar-refractivity contribution < 1.29 is 5.11 Å². The Morgan fingerprint density at radius 1 is 1.21 bits per heavy atom. The van der Waals surface area contributed by atoms with Crippen LogP contribution in [0.3, 0.4) is 0 Å². The second kappa shape index (κ2) is 6.45. The highest BCUT2D eigenvalue weighted by atomic mass is 16.3. The van der Waals surface area contributed by atoms with Gasteiger partial charge >= 0.3 is 0 Å². The van der Waals surface area contributed by atoms with E-state index in [4.69, 9.17) is 0 Å². The van der Waals surface area contributed by atoms with Crippen LogP contribution in [0.15, 0.2) is 30.3 Å². The first kappa shape index (κ1) is 13.7. The van der Waals surface area contributed by atoms with Gasteiger partial charge in [-0.15, -0.1) is 0 Å². The smallest absolute Gasteiger partial charge is 0.117 e. The van der Waals surface area contributed by atoms with E-state index in [9.17, 15) is 5.11 Å². The van der Waals surface area contributed by atoms with Crippen molar-refractivity contribution in [1.29, 1.82) is 0 Å². The Kier molecular flexibility index (Phi) is 4.65. The fraction of sp³-hybridized carbons (Fsp3) is 0.429. The molecular formula is C14H20N4O. The van der Waals surface area contributed by atoms with Crippen molar-refractivity contribution in [3.05, 3.63) is 36.0 Å². The summed E-state index contributed by atoms with van der Waals surface area (Å²) in [4.78, 5) is 0. The summed E-state index contributed by atoms with van der Waals surface area (Å²) < 4.78 is 0. The van der Waals surface area contributed by atoms with Gasteiger partial charge in [0.05, 0.1) is 6.61 Å². The number of H-pyrrole nitrogens is 1. The molecule has 0 radical (unpaired) electrons. The van der Waals surface area contributed by atoms with Crippen LogP contribution in [0.5, 0.6) is 0 Å². The number of aliphatic hydroxyl groups excluding tert-OH is 1. The molecule has 5 heteroatoms. The van der Waals surface area contributed by atoms with E-state index in [-0.39, 0.29) is 12.6 Å². The minimum Gasteiger partial charge on any atom is -0.395 e. The Bertz CT molecular complexity index is 495. The second-order valence-electron chi connectivity index (χ2n) is 4.90. The van der Waals surface area contributed by atoms with E-state index in [1.54, 1.807) is 0 Å². The van der Waals surface area contributed by atoms with E-state index in [2.05, 4.69) is 34.6 Å². The van der Waals surface area contributed by atoms with Crippen LogP contribution in [0.2, 0.25) is 0 Å². The maximum Gasteiger partial charge on any atom is 0.117 e. The Hall–Kier alpha value is -1.72. The molecule has 19 heavy (non-hydrogen) atoms. The molecule has 0 aliphatic heterocycles. The maximum absolute atomic E-state index is 9.31. The molecule has 0 unspecified atom stereocenters. The first-order valence-electron chi connectivity index (χ1n) is 6.51. The number of hydrogen-bond acceptors (Lipinski definition) is 4. The average Bonchev–Trinajstić information content (AvgIpc) is 2.88. The van der Waals surface area contributed by atoms with Crippen LogP contribution in [-0.4, -0.2) is 33.2 Å². The molecule has 0 amide bonds. The van der Waals surface area contributed by atoms with Crippen LogP contribution in [0, 0.1) is 5.92 Å². The van der Waals surface area contributed by atoms with Crippen molar-refractivity contribution >= 4 is 0 Å². The molecule has 0 spiro atoms. The lowest BCUT2D eigenvalue weighted by molar-refractivity contribution is 0.209. The zero-order valence-electron chi connectivity index (χ0n) is 11.3. The van der Waals surface area contributed by atoms with E-state index < -0.39 is 0 Å². The first-order chi connectivity index (χ1) is 9.22. The van der Waals surface area contributed by atoms with Gasteiger partial charge in [0.15, 0.2) is 0 Å². The van der Waals surface area contributed by atoms with Crippen LogP contribution in [-0.2, 0) is 6.54 Å². The molecule has 1 aromatic carbocycles. The Morgan fingerprint density at radius 3 is 2.58 bits per heavy atom. The van der Waals surface area contributed by atoms with E-state index >= 15 is 0 Å². The summed E-state index contributed by atoms with van der Waals surface area (Å²) in [5, 5.41) is 23.7. The highest BCUT2D eigenvalue weighted by Crippen LogP contribution is 2.19. The maximum atomic E-state index is 9.31. The molecule has 1 aromatic heterocycles. The second-order valence-corrected chi connectivity index (χ2v) is 4.90. The van der Waals surface area contributed by atoms with Gasteiger partial charge in [-0.3, -0.25) is 0 Å². The summed E-state index contributed by atoms with van der Waals surface area (Å²) in [5.74, 6) is 0.372. The summed E-state index contributed by atoms with van der Waals surface area (Å²) in [6, 6.07) is 10.0. The summed E-state index contributed by atoms with van der Waals surface area (Å²) in [6.45, 7) is 4.86. The quantitative estimate of drug-likeness (QED) is 0.737.